The van der Waals surface area contributed by atoms with Crippen LogP contribution in [-0.4, -0.2) is 94.9 Å². The summed E-state index contributed by atoms with van der Waals surface area (Å²) >= 11 is 0. The Bertz CT molecular complexity index is 2050. The highest BCUT2D eigenvalue weighted by Crippen LogP contribution is 2.69. The summed E-state index contributed by atoms with van der Waals surface area (Å²) in [6.07, 6.45) is -8.55. The van der Waals surface area contributed by atoms with Crippen LogP contribution in [-0.2, 0) is 47.5 Å². The summed E-state index contributed by atoms with van der Waals surface area (Å²) < 4.78 is 44.6. The molecule has 10 atom stereocenters. The third-order valence-electron chi connectivity index (χ3n) is 11.9. The monoisotopic (exact) mass is 814 g/mol. The van der Waals surface area contributed by atoms with Crippen molar-refractivity contribution in [1.29, 1.82) is 0 Å². The SMILES string of the molecule is CCC(C)C(=O)OC[C@]12[C@H](OC(=O)c3ccccc3)[C@@H](OC(C)=O)[C@@H]3[C@@H](OC(C)=O)[C@]1(OC3(C)C)[C@@](C)(O)C[C@H](OC(=O)c1ccccc1)[C@@H]2OC(=O)c1ccccc1. The van der Waals surface area contributed by atoms with Gasteiger partial charge in [-0.3, -0.25) is 14.4 Å². The molecule has 14 nitrogen and oxygen atoms in total. The summed E-state index contributed by atoms with van der Waals surface area (Å²) in [4.78, 5) is 83.1. The zero-order chi connectivity index (χ0) is 42.9. The van der Waals surface area contributed by atoms with E-state index in [-0.39, 0.29) is 16.7 Å². The van der Waals surface area contributed by atoms with E-state index in [1.807, 2.05) is 0 Å². The molecule has 0 radical (unpaired) electrons. The molecule has 1 unspecified atom stereocenters. The van der Waals surface area contributed by atoms with Crippen LogP contribution in [0.1, 0.15) is 92.4 Å². The zero-order valence-corrected chi connectivity index (χ0v) is 34.1. The highest BCUT2D eigenvalue weighted by Gasteiger charge is 2.89. The average Bonchev–Trinajstić information content (AvgIpc) is 3.40. The molecular weight excluding hydrogens is 764 g/mol. The second-order valence-corrected chi connectivity index (χ2v) is 16.2. The van der Waals surface area contributed by atoms with Crippen molar-refractivity contribution in [2.24, 2.45) is 17.3 Å². The highest BCUT2D eigenvalue weighted by atomic mass is 16.7. The maximum atomic E-state index is 14.4. The average molecular weight is 815 g/mol. The van der Waals surface area contributed by atoms with E-state index in [2.05, 4.69) is 0 Å². The lowest BCUT2D eigenvalue weighted by atomic mass is 9.45. The van der Waals surface area contributed by atoms with Gasteiger partial charge in [-0.1, -0.05) is 68.4 Å². The van der Waals surface area contributed by atoms with Gasteiger partial charge in [-0.2, -0.15) is 0 Å². The van der Waals surface area contributed by atoms with Crippen molar-refractivity contribution >= 4 is 35.8 Å². The molecule has 3 aromatic rings. The number of fused-ring (bicyclic) bond motifs is 1. The number of hydrogen-bond donors (Lipinski definition) is 1. The van der Waals surface area contributed by atoms with Crippen LogP contribution in [0.15, 0.2) is 91.0 Å². The molecule has 1 saturated heterocycles. The molecule has 2 aliphatic carbocycles. The first-order valence-corrected chi connectivity index (χ1v) is 19.6. The lowest BCUT2D eigenvalue weighted by Gasteiger charge is -2.66. The summed E-state index contributed by atoms with van der Waals surface area (Å²) in [7, 11) is 0. The molecule has 6 rings (SSSR count). The van der Waals surface area contributed by atoms with E-state index in [9.17, 15) is 33.9 Å². The van der Waals surface area contributed by atoms with Crippen molar-refractivity contribution in [2.45, 2.75) is 109 Å². The summed E-state index contributed by atoms with van der Waals surface area (Å²) in [5, 5.41) is 13.2. The van der Waals surface area contributed by atoms with Gasteiger partial charge < -0.3 is 38.3 Å². The predicted octanol–water partition coefficient (Wildman–Crippen LogP) is 5.43. The fourth-order valence-electron chi connectivity index (χ4n) is 9.24. The first-order chi connectivity index (χ1) is 27.9. The molecule has 59 heavy (non-hydrogen) atoms. The Hall–Kier alpha value is -5.60. The molecule has 1 heterocycles. The van der Waals surface area contributed by atoms with Crippen LogP contribution in [0.2, 0.25) is 0 Å². The Kier molecular flexibility index (Phi) is 12.1. The van der Waals surface area contributed by atoms with Crippen LogP contribution < -0.4 is 0 Å². The largest absolute Gasteiger partial charge is 0.464 e. The van der Waals surface area contributed by atoms with E-state index in [1.54, 1.807) is 82.3 Å². The summed E-state index contributed by atoms with van der Waals surface area (Å²) in [6.45, 7) is 9.44. The lowest BCUT2D eigenvalue weighted by Crippen LogP contribution is -2.85. The van der Waals surface area contributed by atoms with Gasteiger partial charge in [-0.25, -0.2) is 14.4 Å². The van der Waals surface area contributed by atoms with Crippen LogP contribution in [0.3, 0.4) is 0 Å². The Labute approximate surface area is 342 Å². The van der Waals surface area contributed by atoms with Gasteiger partial charge in [0.15, 0.2) is 17.8 Å². The fourth-order valence-corrected chi connectivity index (χ4v) is 9.24. The van der Waals surface area contributed by atoms with Crippen LogP contribution >= 0.6 is 0 Å². The highest BCUT2D eigenvalue weighted by molar-refractivity contribution is 5.91. The third-order valence-corrected chi connectivity index (χ3v) is 11.9. The standard InChI is InChI=1S/C45H50O14/c1-8-26(2)38(48)53-25-44-35(57-40(50)30-20-14-10-15-21-30)32(56-39(49)29-18-12-9-13-19-29)24-43(7,52)45(44)36(55-28(4)47)33(42(5,6)59-45)34(54-27(3)46)37(44)58-41(51)31-22-16-11-17-23-31/h9-23,26,32-37,52H,8,24-25H2,1-7H3/t26?,32-,33+,34-,35-,36+,37+,43-,44-,45-/m0/s1. The van der Waals surface area contributed by atoms with Gasteiger partial charge in [0.05, 0.1) is 39.7 Å². The first kappa shape index (κ1) is 43.0. The van der Waals surface area contributed by atoms with Crippen molar-refractivity contribution < 1.29 is 67.0 Å². The van der Waals surface area contributed by atoms with E-state index >= 15 is 0 Å². The molecule has 3 aliphatic rings. The number of rotatable bonds is 12. The molecule has 3 aromatic carbocycles. The molecule has 2 saturated carbocycles. The van der Waals surface area contributed by atoms with Crippen LogP contribution in [0.4, 0.5) is 0 Å². The predicted molar refractivity (Wildman–Crippen MR) is 208 cm³/mol. The molecule has 1 N–H and O–H groups in total. The normalized spacial score (nSPS) is 30.7. The van der Waals surface area contributed by atoms with Gasteiger partial charge in [0.2, 0.25) is 0 Å². The van der Waals surface area contributed by atoms with Crippen LogP contribution in [0.5, 0.6) is 0 Å². The Balaban J connectivity index is 1.71. The van der Waals surface area contributed by atoms with Gasteiger partial charge in [0.1, 0.15) is 30.3 Å². The quantitative estimate of drug-likeness (QED) is 0.180. The molecule has 14 heteroatoms. The van der Waals surface area contributed by atoms with Crippen molar-refractivity contribution in [2.75, 3.05) is 6.61 Å². The summed E-state index contributed by atoms with van der Waals surface area (Å²) in [5.74, 6) is -6.99. The Morgan fingerprint density at radius 1 is 0.678 bits per heavy atom. The molecule has 3 fully saturated rings. The second kappa shape index (κ2) is 16.6. The fraction of sp³-hybridized carbons (Fsp3) is 0.467. The minimum atomic E-state index is -2.39. The Morgan fingerprint density at radius 3 is 1.59 bits per heavy atom. The van der Waals surface area contributed by atoms with Gasteiger partial charge in [-0.05, 0) is 63.6 Å². The number of ether oxygens (including phenoxy) is 7. The minimum absolute atomic E-state index is 0.0611. The van der Waals surface area contributed by atoms with Crippen molar-refractivity contribution in [3.05, 3.63) is 108 Å². The maximum Gasteiger partial charge on any atom is 0.338 e. The van der Waals surface area contributed by atoms with E-state index in [0.29, 0.717) is 6.42 Å². The van der Waals surface area contributed by atoms with Gasteiger partial charge in [0.25, 0.3) is 0 Å². The van der Waals surface area contributed by atoms with E-state index < -0.39 is 113 Å². The van der Waals surface area contributed by atoms with Gasteiger partial charge >= 0.3 is 35.8 Å². The molecular formula is C45H50O14. The number of benzene rings is 3. The molecule has 0 aromatic heterocycles. The molecule has 1 aliphatic heterocycles. The van der Waals surface area contributed by atoms with Gasteiger partial charge in [0, 0.05) is 20.3 Å². The minimum Gasteiger partial charge on any atom is -0.464 e. The first-order valence-electron chi connectivity index (χ1n) is 19.6. The van der Waals surface area contributed by atoms with E-state index in [1.165, 1.54) is 43.3 Å². The third kappa shape index (κ3) is 7.71. The van der Waals surface area contributed by atoms with Crippen molar-refractivity contribution in [3.63, 3.8) is 0 Å². The molecule has 0 amide bonds. The number of carbonyl (C=O) groups is 6. The number of aliphatic hydroxyl groups is 1. The Morgan fingerprint density at radius 2 is 1.14 bits per heavy atom. The zero-order valence-electron chi connectivity index (χ0n) is 34.1. The van der Waals surface area contributed by atoms with Crippen molar-refractivity contribution in [1.82, 2.24) is 0 Å². The maximum absolute atomic E-state index is 14.4. The molecule has 314 valence electrons. The molecule has 2 bridgehead atoms. The molecule has 1 spiro atoms. The summed E-state index contributed by atoms with van der Waals surface area (Å²) in [6, 6.07) is 23.7. The lowest BCUT2D eigenvalue weighted by molar-refractivity contribution is -0.361. The van der Waals surface area contributed by atoms with Gasteiger partial charge in [-0.15, -0.1) is 0 Å². The number of hydrogen-bond acceptors (Lipinski definition) is 14. The number of carbonyl (C=O) groups excluding carboxylic acids is 6. The topological polar surface area (TPSA) is 187 Å². The second-order valence-electron chi connectivity index (χ2n) is 16.2. The van der Waals surface area contributed by atoms with Crippen LogP contribution in [0, 0.1) is 17.3 Å². The van der Waals surface area contributed by atoms with E-state index in [0.717, 1.165) is 13.8 Å². The summed E-state index contributed by atoms with van der Waals surface area (Å²) in [5.41, 5.74) is -8.20. The smallest absolute Gasteiger partial charge is 0.338 e. The van der Waals surface area contributed by atoms with Crippen molar-refractivity contribution in [3.8, 4) is 0 Å². The van der Waals surface area contributed by atoms with Crippen LogP contribution in [0.25, 0.3) is 0 Å². The van der Waals surface area contributed by atoms with E-state index in [4.69, 9.17) is 33.2 Å². The number of esters is 6.